The molecule has 1 aromatic rings. The number of morpholine rings is 1. The predicted molar refractivity (Wildman–Crippen MR) is 103 cm³/mol. The standard InChI is InChI=1S/C20H29N5O3/c1-2-23-9-5-20(19(27)25-11-13-28-14-12-25)6-10-24(8-4-17(20)23)18(26)16-3-7-21-15-22-16/h3,7,15,17H,2,4-6,8-14H2,1H3/t17-,20-/m1/s1. The van der Waals surface area contributed by atoms with E-state index in [1.54, 1.807) is 12.3 Å². The molecule has 0 bridgehead atoms. The minimum Gasteiger partial charge on any atom is -0.378 e. The zero-order valence-corrected chi connectivity index (χ0v) is 16.5. The highest BCUT2D eigenvalue weighted by Crippen LogP contribution is 2.45. The van der Waals surface area contributed by atoms with E-state index in [9.17, 15) is 9.59 Å². The van der Waals surface area contributed by atoms with Crippen molar-refractivity contribution in [2.45, 2.75) is 32.2 Å². The first-order valence-electron chi connectivity index (χ1n) is 10.3. The van der Waals surface area contributed by atoms with Crippen LogP contribution in [0.25, 0.3) is 0 Å². The summed E-state index contributed by atoms with van der Waals surface area (Å²) in [6.45, 7) is 7.86. The van der Waals surface area contributed by atoms with E-state index in [0.29, 0.717) is 51.5 Å². The van der Waals surface area contributed by atoms with E-state index < -0.39 is 5.41 Å². The number of nitrogens with zero attached hydrogens (tertiary/aromatic N) is 5. The fourth-order valence-corrected chi connectivity index (χ4v) is 5.09. The number of likely N-dealkylation sites (tertiary alicyclic amines) is 2. The summed E-state index contributed by atoms with van der Waals surface area (Å²) in [7, 11) is 0. The molecule has 3 aliphatic heterocycles. The van der Waals surface area contributed by atoms with Gasteiger partial charge in [0.15, 0.2) is 0 Å². The van der Waals surface area contributed by atoms with Gasteiger partial charge in [-0.05, 0) is 38.4 Å². The third-order valence-corrected chi connectivity index (χ3v) is 6.64. The maximum Gasteiger partial charge on any atom is 0.272 e. The second-order valence-electron chi connectivity index (χ2n) is 7.88. The first-order valence-corrected chi connectivity index (χ1v) is 10.3. The van der Waals surface area contributed by atoms with Crippen molar-refractivity contribution in [3.8, 4) is 0 Å². The summed E-state index contributed by atoms with van der Waals surface area (Å²) in [5.74, 6) is 0.187. The molecule has 0 radical (unpaired) electrons. The molecule has 0 spiro atoms. The normalized spacial score (nSPS) is 28.7. The molecule has 28 heavy (non-hydrogen) atoms. The van der Waals surface area contributed by atoms with Gasteiger partial charge in [-0.15, -0.1) is 0 Å². The Kier molecular flexibility index (Phi) is 5.59. The summed E-state index contributed by atoms with van der Waals surface area (Å²) in [6.07, 6.45) is 5.40. The molecular formula is C20H29N5O3. The SMILES string of the molecule is CCN1CC[C@@]2(C(=O)N3CCOCC3)CCN(C(=O)c3ccncn3)CC[C@@H]12. The van der Waals surface area contributed by atoms with Crippen LogP contribution in [0.4, 0.5) is 0 Å². The van der Waals surface area contributed by atoms with E-state index in [0.717, 1.165) is 25.9 Å². The number of hydrogen-bond donors (Lipinski definition) is 0. The number of carbonyl (C=O) groups excluding carboxylic acids is 2. The lowest BCUT2D eigenvalue weighted by molar-refractivity contribution is -0.148. The summed E-state index contributed by atoms with van der Waals surface area (Å²) in [6, 6.07) is 1.84. The van der Waals surface area contributed by atoms with Crippen LogP contribution >= 0.6 is 0 Å². The lowest BCUT2D eigenvalue weighted by Gasteiger charge is -2.40. The molecule has 0 N–H and O–H groups in total. The Hall–Kier alpha value is -2.06. The van der Waals surface area contributed by atoms with Crippen LogP contribution in [-0.2, 0) is 9.53 Å². The summed E-state index contributed by atoms with van der Waals surface area (Å²) in [5, 5.41) is 0. The number of rotatable bonds is 3. The van der Waals surface area contributed by atoms with Crippen molar-refractivity contribution in [2.24, 2.45) is 5.41 Å². The van der Waals surface area contributed by atoms with Crippen LogP contribution in [0.2, 0.25) is 0 Å². The molecular weight excluding hydrogens is 358 g/mol. The predicted octanol–water partition coefficient (Wildman–Crippen LogP) is 0.652. The quantitative estimate of drug-likeness (QED) is 0.758. The van der Waals surface area contributed by atoms with Crippen molar-refractivity contribution in [1.29, 1.82) is 0 Å². The lowest BCUT2D eigenvalue weighted by atomic mass is 9.75. The maximum absolute atomic E-state index is 13.6. The third-order valence-electron chi connectivity index (χ3n) is 6.64. The second-order valence-corrected chi connectivity index (χ2v) is 7.88. The summed E-state index contributed by atoms with van der Waals surface area (Å²) >= 11 is 0. The average Bonchev–Trinajstić information content (AvgIpc) is 3.01. The van der Waals surface area contributed by atoms with Crippen LogP contribution in [0.5, 0.6) is 0 Å². The van der Waals surface area contributed by atoms with E-state index >= 15 is 0 Å². The van der Waals surface area contributed by atoms with Crippen molar-refractivity contribution in [1.82, 2.24) is 24.7 Å². The molecule has 4 rings (SSSR count). The molecule has 1 aromatic heterocycles. The van der Waals surface area contributed by atoms with Crippen molar-refractivity contribution < 1.29 is 14.3 Å². The van der Waals surface area contributed by atoms with Gasteiger partial charge in [-0.3, -0.25) is 14.5 Å². The van der Waals surface area contributed by atoms with Gasteiger partial charge in [-0.1, -0.05) is 6.92 Å². The van der Waals surface area contributed by atoms with Gasteiger partial charge in [0.25, 0.3) is 5.91 Å². The van der Waals surface area contributed by atoms with Crippen LogP contribution in [-0.4, -0.2) is 95.0 Å². The molecule has 3 fully saturated rings. The van der Waals surface area contributed by atoms with Crippen molar-refractivity contribution in [3.05, 3.63) is 24.3 Å². The number of aromatic nitrogens is 2. The van der Waals surface area contributed by atoms with Gasteiger partial charge in [0.1, 0.15) is 12.0 Å². The highest BCUT2D eigenvalue weighted by atomic mass is 16.5. The maximum atomic E-state index is 13.6. The molecule has 3 aliphatic rings. The minimum absolute atomic E-state index is 0.0700. The molecule has 0 saturated carbocycles. The van der Waals surface area contributed by atoms with Crippen LogP contribution in [0.1, 0.15) is 36.7 Å². The third kappa shape index (κ3) is 3.39. The second kappa shape index (κ2) is 8.13. The molecule has 3 saturated heterocycles. The van der Waals surface area contributed by atoms with Crippen LogP contribution < -0.4 is 0 Å². The summed E-state index contributed by atoms with van der Waals surface area (Å²) < 4.78 is 5.44. The number of hydrogen-bond acceptors (Lipinski definition) is 6. The van der Waals surface area contributed by atoms with Crippen LogP contribution in [0.3, 0.4) is 0 Å². The average molecular weight is 387 g/mol. The van der Waals surface area contributed by atoms with Gasteiger partial charge >= 0.3 is 0 Å². The van der Waals surface area contributed by atoms with Gasteiger partial charge in [0.05, 0.1) is 18.6 Å². The monoisotopic (exact) mass is 387 g/mol. The molecule has 0 aromatic carbocycles. The van der Waals surface area contributed by atoms with E-state index in [4.69, 9.17) is 4.74 Å². The molecule has 2 amide bonds. The van der Waals surface area contributed by atoms with E-state index in [1.165, 1.54) is 6.33 Å². The Bertz CT molecular complexity index is 709. The molecule has 0 unspecified atom stereocenters. The molecule has 8 nitrogen and oxygen atoms in total. The minimum atomic E-state index is -0.395. The van der Waals surface area contributed by atoms with Crippen LogP contribution in [0, 0.1) is 5.41 Å². The fourth-order valence-electron chi connectivity index (χ4n) is 5.09. The first kappa shape index (κ1) is 19.3. The fraction of sp³-hybridized carbons (Fsp3) is 0.700. The topological polar surface area (TPSA) is 78.9 Å². The Morgan fingerprint density at radius 3 is 2.64 bits per heavy atom. The van der Waals surface area contributed by atoms with Gasteiger partial charge in [-0.2, -0.15) is 0 Å². The summed E-state index contributed by atoms with van der Waals surface area (Å²) in [4.78, 5) is 40.8. The Morgan fingerprint density at radius 2 is 1.93 bits per heavy atom. The highest BCUT2D eigenvalue weighted by molar-refractivity contribution is 5.92. The van der Waals surface area contributed by atoms with Gasteiger partial charge in [-0.25, -0.2) is 9.97 Å². The largest absolute Gasteiger partial charge is 0.378 e. The molecule has 152 valence electrons. The number of ether oxygens (including phenoxy) is 1. The van der Waals surface area contributed by atoms with Crippen molar-refractivity contribution >= 4 is 11.8 Å². The Labute approximate surface area is 165 Å². The Balaban J connectivity index is 1.56. The zero-order chi connectivity index (χ0) is 19.6. The lowest BCUT2D eigenvalue weighted by Crippen LogP contribution is -2.53. The van der Waals surface area contributed by atoms with Crippen molar-refractivity contribution in [3.63, 3.8) is 0 Å². The number of carbonyl (C=O) groups is 2. The molecule has 0 aliphatic carbocycles. The van der Waals surface area contributed by atoms with E-state index in [2.05, 4.69) is 21.8 Å². The number of amides is 2. The smallest absolute Gasteiger partial charge is 0.272 e. The Morgan fingerprint density at radius 1 is 1.14 bits per heavy atom. The summed E-state index contributed by atoms with van der Waals surface area (Å²) in [5.41, 5.74) is 0.0246. The van der Waals surface area contributed by atoms with Crippen molar-refractivity contribution in [2.75, 3.05) is 52.5 Å². The van der Waals surface area contributed by atoms with E-state index in [-0.39, 0.29) is 17.9 Å². The van der Waals surface area contributed by atoms with Crippen LogP contribution in [0.15, 0.2) is 18.6 Å². The highest BCUT2D eigenvalue weighted by Gasteiger charge is 2.54. The molecule has 8 heteroatoms. The number of fused-ring (bicyclic) bond motifs is 1. The van der Waals surface area contributed by atoms with Gasteiger partial charge in [0.2, 0.25) is 5.91 Å². The zero-order valence-electron chi connectivity index (χ0n) is 16.5. The van der Waals surface area contributed by atoms with Gasteiger partial charge in [0, 0.05) is 38.4 Å². The first-order chi connectivity index (χ1) is 13.7. The molecule has 2 atom stereocenters. The van der Waals surface area contributed by atoms with E-state index in [1.807, 2.05) is 9.80 Å². The molecule has 4 heterocycles. The van der Waals surface area contributed by atoms with Gasteiger partial charge < -0.3 is 14.5 Å².